The van der Waals surface area contributed by atoms with Crippen LogP contribution in [0.1, 0.15) is 24.4 Å². The van der Waals surface area contributed by atoms with Crippen LogP contribution in [0.2, 0.25) is 0 Å². The monoisotopic (exact) mass is 365 g/mol. The number of halogens is 1. The van der Waals surface area contributed by atoms with Gasteiger partial charge in [0.25, 0.3) is 0 Å². The standard InChI is InChI=1S/C19H28FN3OS/c1-21(2)18(15-4-3-5-16(20)14-15)19(24)23-8-6-17(7-9-23)22-10-12-25-13-11-22/h3-5,14,17-18H,6-13H2,1-2H3/t18-/m1/s1. The Labute approximate surface area is 154 Å². The smallest absolute Gasteiger partial charge is 0.244 e. The Morgan fingerprint density at radius 2 is 1.88 bits per heavy atom. The molecule has 0 unspecified atom stereocenters. The Morgan fingerprint density at radius 1 is 1.20 bits per heavy atom. The van der Waals surface area contributed by atoms with E-state index in [-0.39, 0.29) is 11.7 Å². The number of amides is 1. The average molecular weight is 366 g/mol. The molecule has 2 aliphatic rings. The van der Waals surface area contributed by atoms with Gasteiger partial charge in [-0.05, 0) is 44.6 Å². The molecule has 0 bridgehead atoms. The molecule has 25 heavy (non-hydrogen) atoms. The molecular formula is C19H28FN3OS. The molecule has 6 heteroatoms. The summed E-state index contributed by atoms with van der Waals surface area (Å²) in [6.07, 6.45) is 2.08. The number of carbonyl (C=O) groups excluding carboxylic acids is 1. The Morgan fingerprint density at radius 3 is 2.48 bits per heavy atom. The molecule has 0 radical (unpaired) electrons. The van der Waals surface area contributed by atoms with E-state index in [4.69, 9.17) is 0 Å². The summed E-state index contributed by atoms with van der Waals surface area (Å²) in [5.41, 5.74) is 0.727. The Kier molecular flexibility index (Phi) is 6.36. The van der Waals surface area contributed by atoms with Gasteiger partial charge in [0.2, 0.25) is 5.91 Å². The van der Waals surface area contributed by atoms with Gasteiger partial charge in [-0.25, -0.2) is 4.39 Å². The first-order valence-electron chi connectivity index (χ1n) is 9.09. The van der Waals surface area contributed by atoms with Crippen LogP contribution in [-0.2, 0) is 4.79 Å². The van der Waals surface area contributed by atoms with Crippen LogP contribution in [0.5, 0.6) is 0 Å². The highest BCUT2D eigenvalue weighted by Crippen LogP contribution is 2.26. The summed E-state index contributed by atoms with van der Waals surface area (Å²) in [6.45, 7) is 3.94. The molecule has 2 fully saturated rings. The van der Waals surface area contributed by atoms with Crippen molar-refractivity contribution in [1.29, 1.82) is 0 Å². The molecule has 2 heterocycles. The molecule has 3 rings (SSSR count). The van der Waals surface area contributed by atoms with E-state index in [1.165, 1.54) is 36.7 Å². The lowest BCUT2D eigenvalue weighted by Gasteiger charge is -2.41. The zero-order valence-corrected chi connectivity index (χ0v) is 16.0. The fourth-order valence-electron chi connectivity index (χ4n) is 3.91. The van der Waals surface area contributed by atoms with E-state index in [1.807, 2.05) is 41.7 Å². The molecule has 1 aromatic carbocycles. The number of likely N-dealkylation sites (N-methyl/N-ethyl adjacent to an activating group) is 1. The number of hydrogen-bond donors (Lipinski definition) is 0. The predicted molar refractivity (Wildman–Crippen MR) is 101 cm³/mol. The summed E-state index contributed by atoms with van der Waals surface area (Å²) in [5, 5.41) is 0. The molecule has 2 saturated heterocycles. The van der Waals surface area contributed by atoms with Gasteiger partial charge in [-0.1, -0.05) is 12.1 Å². The maximum Gasteiger partial charge on any atom is 0.244 e. The summed E-state index contributed by atoms with van der Waals surface area (Å²) >= 11 is 2.03. The van der Waals surface area contributed by atoms with Crippen LogP contribution in [0.25, 0.3) is 0 Å². The number of hydrogen-bond acceptors (Lipinski definition) is 4. The number of piperidine rings is 1. The van der Waals surface area contributed by atoms with Crippen LogP contribution in [0.15, 0.2) is 24.3 Å². The van der Waals surface area contributed by atoms with E-state index in [0.29, 0.717) is 6.04 Å². The summed E-state index contributed by atoms with van der Waals surface area (Å²) < 4.78 is 13.6. The summed E-state index contributed by atoms with van der Waals surface area (Å²) in [7, 11) is 3.76. The van der Waals surface area contributed by atoms with Crippen molar-refractivity contribution >= 4 is 17.7 Å². The van der Waals surface area contributed by atoms with Crippen molar-refractivity contribution in [3.05, 3.63) is 35.6 Å². The normalized spacial score (nSPS) is 21.5. The number of nitrogens with zero attached hydrogens (tertiary/aromatic N) is 3. The van der Waals surface area contributed by atoms with Gasteiger partial charge >= 0.3 is 0 Å². The number of likely N-dealkylation sites (tertiary alicyclic amines) is 1. The second-order valence-corrected chi connectivity index (χ2v) is 8.35. The second-order valence-electron chi connectivity index (χ2n) is 7.13. The number of benzene rings is 1. The topological polar surface area (TPSA) is 26.8 Å². The van der Waals surface area contributed by atoms with Gasteiger partial charge in [0.1, 0.15) is 11.9 Å². The fraction of sp³-hybridized carbons (Fsp3) is 0.632. The molecule has 2 aliphatic heterocycles. The van der Waals surface area contributed by atoms with E-state index in [9.17, 15) is 9.18 Å². The van der Waals surface area contributed by atoms with Crippen molar-refractivity contribution in [2.75, 3.05) is 51.8 Å². The molecule has 4 nitrogen and oxygen atoms in total. The van der Waals surface area contributed by atoms with Gasteiger partial charge in [0.15, 0.2) is 0 Å². The first kappa shape index (κ1) is 18.7. The Balaban J connectivity index is 1.63. The van der Waals surface area contributed by atoms with Crippen LogP contribution in [0.4, 0.5) is 4.39 Å². The van der Waals surface area contributed by atoms with Crippen LogP contribution in [-0.4, -0.2) is 78.4 Å². The minimum absolute atomic E-state index is 0.0863. The summed E-state index contributed by atoms with van der Waals surface area (Å²) in [6, 6.07) is 6.60. The fourth-order valence-corrected chi connectivity index (χ4v) is 4.84. The van der Waals surface area contributed by atoms with E-state index < -0.39 is 6.04 Å². The third kappa shape index (κ3) is 4.54. The molecule has 0 aromatic heterocycles. The minimum atomic E-state index is -0.418. The van der Waals surface area contributed by atoms with Gasteiger partial charge < -0.3 is 4.90 Å². The highest BCUT2D eigenvalue weighted by Gasteiger charge is 2.32. The Hall–Kier alpha value is -1.11. The van der Waals surface area contributed by atoms with Crippen LogP contribution >= 0.6 is 11.8 Å². The lowest BCUT2D eigenvalue weighted by molar-refractivity contribution is -0.138. The van der Waals surface area contributed by atoms with Crippen molar-refractivity contribution in [2.24, 2.45) is 0 Å². The third-order valence-electron chi connectivity index (χ3n) is 5.25. The van der Waals surface area contributed by atoms with Gasteiger partial charge in [0, 0.05) is 43.7 Å². The number of rotatable bonds is 4. The maximum atomic E-state index is 13.6. The van der Waals surface area contributed by atoms with Gasteiger partial charge in [-0.15, -0.1) is 0 Å². The quantitative estimate of drug-likeness (QED) is 0.819. The first-order valence-corrected chi connectivity index (χ1v) is 10.2. The maximum absolute atomic E-state index is 13.6. The zero-order valence-electron chi connectivity index (χ0n) is 15.2. The van der Waals surface area contributed by atoms with Gasteiger partial charge in [0.05, 0.1) is 0 Å². The SMILES string of the molecule is CN(C)[C@@H](C(=O)N1CCC(N2CCSCC2)CC1)c1cccc(F)c1. The van der Waals surface area contributed by atoms with Gasteiger partial charge in [-0.3, -0.25) is 14.6 Å². The molecule has 0 aliphatic carbocycles. The molecule has 0 spiro atoms. The second kappa shape index (κ2) is 8.52. The van der Waals surface area contributed by atoms with Gasteiger partial charge in [-0.2, -0.15) is 11.8 Å². The largest absolute Gasteiger partial charge is 0.341 e. The van der Waals surface area contributed by atoms with Crippen LogP contribution < -0.4 is 0 Å². The number of carbonyl (C=O) groups is 1. The molecule has 138 valence electrons. The highest BCUT2D eigenvalue weighted by molar-refractivity contribution is 7.99. The van der Waals surface area contributed by atoms with E-state index in [1.54, 1.807) is 6.07 Å². The van der Waals surface area contributed by atoms with Crippen molar-refractivity contribution in [3.8, 4) is 0 Å². The summed E-state index contributed by atoms with van der Waals surface area (Å²) in [5.74, 6) is 2.24. The minimum Gasteiger partial charge on any atom is -0.341 e. The first-order chi connectivity index (χ1) is 12.1. The lowest BCUT2D eigenvalue weighted by atomic mass is 9.99. The van der Waals surface area contributed by atoms with Crippen LogP contribution in [0, 0.1) is 5.82 Å². The van der Waals surface area contributed by atoms with Crippen molar-refractivity contribution in [3.63, 3.8) is 0 Å². The van der Waals surface area contributed by atoms with E-state index >= 15 is 0 Å². The molecular weight excluding hydrogens is 337 g/mol. The van der Waals surface area contributed by atoms with Crippen molar-refractivity contribution < 1.29 is 9.18 Å². The number of thioether (sulfide) groups is 1. The lowest BCUT2D eigenvalue weighted by Crippen LogP contribution is -2.50. The van der Waals surface area contributed by atoms with Crippen molar-refractivity contribution in [1.82, 2.24) is 14.7 Å². The van der Waals surface area contributed by atoms with E-state index in [2.05, 4.69) is 4.90 Å². The molecule has 0 N–H and O–H groups in total. The zero-order chi connectivity index (χ0) is 17.8. The molecule has 1 amide bonds. The Bertz CT molecular complexity index is 584. The van der Waals surface area contributed by atoms with Crippen LogP contribution in [0.3, 0.4) is 0 Å². The molecule has 1 aromatic rings. The highest BCUT2D eigenvalue weighted by atomic mass is 32.2. The average Bonchev–Trinajstić information content (AvgIpc) is 2.62. The van der Waals surface area contributed by atoms with E-state index in [0.717, 1.165) is 31.5 Å². The molecule has 1 atom stereocenters. The van der Waals surface area contributed by atoms with Crippen molar-refractivity contribution in [2.45, 2.75) is 24.9 Å². The summed E-state index contributed by atoms with van der Waals surface area (Å²) in [4.78, 5) is 19.5. The third-order valence-corrected chi connectivity index (χ3v) is 6.20. The molecule has 0 saturated carbocycles. The predicted octanol–water partition coefficient (Wildman–Crippen LogP) is 2.47.